The quantitative estimate of drug-likeness (QED) is 0.876. The summed E-state index contributed by atoms with van der Waals surface area (Å²) in [6.45, 7) is 1.52. The zero-order valence-electron chi connectivity index (χ0n) is 13.0. The first-order valence-electron chi connectivity index (χ1n) is 7.47. The molecule has 0 saturated heterocycles. The average molecular weight is 326 g/mol. The highest BCUT2D eigenvalue weighted by Gasteiger charge is 2.36. The van der Waals surface area contributed by atoms with Crippen LogP contribution in [0.25, 0.3) is 0 Å². The number of nitrogens with one attached hydrogen (secondary N) is 1. The van der Waals surface area contributed by atoms with E-state index in [-0.39, 0.29) is 18.4 Å². The van der Waals surface area contributed by atoms with Crippen LogP contribution in [-0.4, -0.2) is 24.1 Å². The fourth-order valence-electron chi connectivity index (χ4n) is 2.67. The number of para-hydroxylation sites is 1. The molecule has 122 valence electrons. The van der Waals surface area contributed by atoms with Crippen LogP contribution in [0.2, 0.25) is 0 Å². The topological polar surface area (TPSA) is 66.5 Å². The second-order valence-electron chi connectivity index (χ2n) is 5.58. The lowest BCUT2D eigenvalue weighted by atomic mass is 10.1. The molecular weight excluding hydrogens is 311 g/mol. The van der Waals surface area contributed by atoms with Gasteiger partial charge in [-0.15, -0.1) is 0 Å². The number of carbonyl (C=O) groups is 3. The number of hydrogen-bond donors (Lipinski definition) is 1. The average Bonchev–Trinajstić information content (AvgIpc) is 2.81. The largest absolute Gasteiger partial charge is 0.348 e. The van der Waals surface area contributed by atoms with E-state index in [1.807, 2.05) is 0 Å². The van der Waals surface area contributed by atoms with Gasteiger partial charge in [0.15, 0.2) is 0 Å². The Hall–Kier alpha value is -3.02. The normalized spacial score (nSPS) is 14.5. The van der Waals surface area contributed by atoms with Gasteiger partial charge in [-0.25, -0.2) is 4.39 Å². The molecule has 0 bridgehead atoms. The van der Waals surface area contributed by atoms with Crippen molar-refractivity contribution in [3.8, 4) is 0 Å². The van der Waals surface area contributed by atoms with Gasteiger partial charge in [-0.3, -0.25) is 19.3 Å². The molecule has 0 saturated carbocycles. The minimum atomic E-state index is -0.708. The number of benzene rings is 2. The first-order chi connectivity index (χ1) is 11.5. The predicted molar refractivity (Wildman–Crippen MR) is 86.1 cm³/mol. The monoisotopic (exact) mass is 326 g/mol. The van der Waals surface area contributed by atoms with Crippen LogP contribution in [0.4, 0.5) is 10.1 Å². The minimum absolute atomic E-state index is 0.243. The molecule has 1 aliphatic heterocycles. The maximum atomic E-state index is 12.9. The predicted octanol–water partition coefficient (Wildman–Crippen LogP) is 2.23. The standard InChI is InChI=1S/C18H15FN2O3/c1-11(12-6-8-13(19)9-7-12)20-16(22)10-21-15-5-3-2-4-14(15)17(23)18(21)24/h2-9,11H,10H2,1H3,(H,20,22). The third-order valence-corrected chi connectivity index (χ3v) is 3.93. The van der Waals surface area contributed by atoms with Crippen molar-refractivity contribution in [1.29, 1.82) is 0 Å². The van der Waals surface area contributed by atoms with Gasteiger partial charge in [0, 0.05) is 0 Å². The molecule has 0 aliphatic carbocycles. The second kappa shape index (κ2) is 6.23. The molecule has 24 heavy (non-hydrogen) atoms. The molecule has 1 unspecified atom stereocenters. The van der Waals surface area contributed by atoms with E-state index in [0.29, 0.717) is 11.3 Å². The Morgan fingerprint density at radius 3 is 2.50 bits per heavy atom. The Morgan fingerprint density at radius 2 is 1.79 bits per heavy atom. The minimum Gasteiger partial charge on any atom is -0.348 e. The highest BCUT2D eigenvalue weighted by Crippen LogP contribution is 2.28. The van der Waals surface area contributed by atoms with Crippen LogP contribution >= 0.6 is 0 Å². The van der Waals surface area contributed by atoms with E-state index in [2.05, 4.69) is 5.32 Å². The molecule has 2 amide bonds. The summed E-state index contributed by atoms with van der Waals surface area (Å²) in [4.78, 5) is 37.3. The molecular formula is C18H15FN2O3. The number of anilines is 1. The zero-order valence-corrected chi connectivity index (χ0v) is 13.0. The van der Waals surface area contributed by atoms with Crippen LogP contribution < -0.4 is 10.2 Å². The van der Waals surface area contributed by atoms with Gasteiger partial charge in [0.2, 0.25) is 5.91 Å². The molecule has 2 aromatic rings. The van der Waals surface area contributed by atoms with Crippen LogP contribution in [0.1, 0.15) is 28.9 Å². The Bertz CT molecular complexity index is 817. The van der Waals surface area contributed by atoms with E-state index in [1.165, 1.54) is 17.0 Å². The fourth-order valence-corrected chi connectivity index (χ4v) is 2.67. The Labute approximate surface area is 138 Å². The van der Waals surface area contributed by atoms with Crippen LogP contribution in [0.15, 0.2) is 48.5 Å². The molecule has 0 radical (unpaired) electrons. The lowest BCUT2D eigenvalue weighted by Crippen LogP contribution is -2.40. The maximum absolute atomic E-state index is 12.9. The van der Waals surface area contributed by atoms with Gasteiger partial charge in [0.05, 0.1) is 17.3 Å². The van der Waals surface area contributed by atoms with Gasteiger partial charge < -0.3 is 5.32 Å². The molecule has 5 nitrogen and oxygen atoms in total. The number of Topliss-reactive ketones (excluding diaryl/α,β-unsaturated/α-hetero) is 1. The van der Waals surface area contributed by atoms with Crippen LogP contribution in [-0.2, 0) is 9.59 Å². The molecule has 0 fully saturated rings. The fraction of sp³-hybridized carbons (Fsp3) is 0.167. The molecule has 2 aromatic carbocycles. The van der Waals surface area contributed by atoms with E-state index in [0.717, 1.165) is 5.56 Å². The number of ketones is 1. The van der Waals surface area contributed by atoms with Crippen molar-refractivity contribution in [3.05, 3.63) is 65.5 Å². The summed E-state index contributed by atoms with van der Waals surface area (Å²) in [7, 11) is 0. The smallest absolute Gasteiger partial charge is 0.299 e. The molecule has 0 spiro atoms. The Balaban J connectivity index is 1.70. The van der Waals surface area contributed by atoms with Crippen LogP contribution in [0.5, 0.6) is 0 Å². The van der Waals surface area contributed by atoms with Crippen molar-refractivity contribution < 1.29 is 18.8 Å². The molecule has 1 atom stereocenters. The number of amides is 2. The first kappa shape index (κ1) is 15.9. The molecule has 3 rings (SSSR count). The lowest BCUT2D eigenvalue weighted by Gasteiger charge is -2.19. The molecule has 1 N–H and O–H groups in total. The first-order valence-corrected chi connectivity index (χ1v) is 7.47. The number of fused-ring (bicyclic) bond motifs is 1. The Kier molecular flexibility index (Phi) is 4.12. The van der Waals surface area contributed by atoms with Crippen molar-refractivity contribution in [2.24, 2.45) is 0 Å². The van der Waals surface area contributed by atoms with Gasteiger partial charge >= 0.3 is 0 Å². The highest BCUT2D eigenvalue weighted by atomic mass is 19.1. The number of carbonyl (C=O) groups excluding carboxylic acids is 3. The maximum Gasteiger partial charge on any atom is 0.299 e. The third kappa shape index (κ3) is 2.90. The van der Waals surface area contributed by atoms with Gasteiger partial charge in [0.25, 0.3) is 11.7 Å². The SMILES string of the molecule is CC(NC(=O)CN1C(=O)C(=O)c2ccccc21)c1ccc(F)cc1. The highest BCUT2D eigenvalue weighted by molar-refractivity contribution is 6.52. The van der Waals surface area contributed by atoms with Crippen molar-refractivity contribution >= 4 is 23.3 Å². The summed E-state index contributed by atoms with van der Waals surface area (Å²) in [6.07, 6.45) is 0. The zero-order chi connectivity index (χ0) is 17.3. The van der Waals surface area contributed by atoms with Crippen LogP contribution in [0, 0.1) is 5.82 Å². The summed E-state index contributed by atoms with van der Waals surface area (Å²) in [5, 5.41) is 2.74. The summed E-state index contributed by atoms with van der Waals surface area (Å²) in [5.41, 5.74) is 1.49. The van der Waals surface area contributed by atoms with E-state index in [9.17, 15) is 18.8 Å². The number of hydrogen-bond acceptors (Lipinski definition) is 3. The van der Waals surface area contributed by atoms with E-state index < -0.39 is 17.6 Å². The van der Waals surface area contributed by atoms with Gasteiger partial charge in [-0.2, -0.15) is 0 Å². The number of nitrogens with zero attached hydrogens (tertiary/aromatic N) is 1. The van der Waals surface area contributed by atoms with Crippen molar-refractivity contribution in [3.63, 3.8) is 0 Å². The number of rotatable bonds is 4. The molecule has 6 heteroatoms. The van der Waals surface area contributed by atoms with Gasteiger partial charge in [-0.05, 0) is 36.8 Å². The van der Waals surface area contributed by atoms with Crippen molar-refractivity contribution in [1.82, 2.24) is 5.32 Å². The third-order valence-electron chi connectivity index (χ3n) is 3.93. The van der Waals surface area contributed by atoms with Crippen LogP contribution in [0.3, 0.4) is 0 Å². The number of halogens is 1. The molecule has 1 aliphatic rings. The van der Waals surface area contributed by atoms with Gasteiger partial charge in [0.1, 0.15) is 12.4 Å². The summed E-state index contributed by atoms with van der Waals surface area (Å²) in [6, 6.07) is 12.0. The second-order valence-corrected chi connectivity index (χ2v) is 5.58. The summed E-state index contributed by atoms with van der Waals surface area (Å²) < 4.78 is 12.9. The summed E-state index contributed by atoms with van der Waals surface area (Å²) in [5.74, 6) is -2.06. The van der Waals surface area contributed by atoms with E-state index in [1.54, 1.807) is 43.3 Å². The lowest BCUT2D eigenvalue weighted by molar-refractivity contribution is -0.122. The van der Waals surface area contributed by atoms with E-state index >= 15 is 0 Å². The van der Waals surface area contributed by atoms with Crippen molar-refractivity contribution in [2.75, 3.05) is 11.4 Å². The Morgan fingerprint density at radius 1 is 1.12 bits per heavy atom. The molecule has 1 heterocycles. The molecule has 0 aromatic heterocycles. The van der Waals surface area contributed by atoms with Crippen molar-refractivity contribution in [2.45, 2.75) is 13.0 Å². The van der Waals surface area contributed by atoms with Gasteiger partial charge in [-0.1, -0.05) is 24.3 Å². The summed E-state index contributed by atoms with van der Waals surface area (Å²) >= 11 is 0. The van der Waals surface area contributed by atoms with E-state index in [4.69, 9.17) is 0 Å².